The summed E-state index contributed by atoms with van der Waals surface area (Å²) >= 11 is 1.39. The number of hydrogen-bond donors (Lipinski definition) is 1. The minimum atomic E-state index is -0.110. The molecule has 0 unspecified atom stereocenters. The second kappa shape index (κ2) is 10.2. The van der Waals surface area contributed by atoms with E-state index in [0.717, 1.165) is 44.5 Å². The molecular weight excluding hydrogens is 458 g/mol. The summed E-state index contributed by atoms with van der Waals surface area (Å²) < 4.78 is 11.7. The summed E-state index contributed by atoms with van der Waals surface area (Å²) in [5.41, 5.74) is 4.68. The molecule has 35 heavy (non-hydrogen) atoms. The summed E-state index contributed by atoms with van der Waals surface area (Å²) in [7, 11) is 0. The van der Waals surface area contributed by atoms with Crippen molar-refractivity contribution in [1.29, 1.82) is 0 Å². The van der Waals surface area contributed by atoms with Crippen LogP contribution in [0.25, 0.3) is 11.4 Å². The molecule has 0 aliphatic carbocycles. The van der Waals surface area contributed by atoms with Crippen LogP contribution in [0.2, 0.25) is 0 Å². The third kappa shape index (κ3) is 5.15. The molecule has 0 bridgehead atoms. The largest absolute Gasteiger partial charge is 0.494 e. The number of anilines is 1. The van der Waals surface area contributed by atoms with E-state index in [1.54, 1.807) is 0 Å². The van der Waals surface area contributed by atoms with Gasteiger partial charge in [-0.25, -0.2) is 4.98 Å². The van der Waals surface area contributed by atoms with Crippen molar-refractivity contribution in [2.45, 2.75) is 25.3 Å². The highest BCUT2D eigenvalue weighted by atomic mass is 32.2. The van der Waals surface area contributed by atoms with E-state index in [1.165, 1.54) is 11.8 Å². The molecule has 1 N–H and O–H groups in total. The van der Waals surface area contributed by atoms with E-state index < -0.39 is 0 Å². The predicted molar refractivity (Wildman–Crippen MR) is 138 cm³/mol. The number of carbonyl (C=O) groups excluding carboxylic acids is 1. The summed E-state index contributed by atoms with van der Waals surface area (Å²) in [6.07, 6.45) is 0.657. The lowest BCUT2D eigenvalue weighted by Crippen LogP contribution is -2.15. The number of carbonyl (C=O) groups is 1. The number of thioether (sulfide) groups is 1. The van der Waals surface area contributed by atoms with Crippen LogP contribution >= 0.6 is 11.8 Å². The van der Waals surface area contributed by atoms with Gasteiger partial charge in [-0.1, -0.05) is 60.3 Å². The van der Waals surface area contributed by atoms with Gasteiger partial charge in [0.2, 0.25) is 11.8 Å². The van der Waals surface area contributed by atoms with Crippen molar-refractivity contribution in [3.05, 3.63) is 89.5 Å². The highest BCUT2D eigenvalue weighted by Crippen LogP contribution is 2.41. The number of aryl methyl sites for hydroxylation is 1. The Balaban J connectivity index is 1.39. The summed E-state index contributed by atoms with van der Waals surface area (Å²) in [6.45, 7) is 4.57. The number of para-hydroxylation sites is 1. The molecule has 5 rings (SSSR count). The lowest BCUT2D eigenvalue weighted by Gasteiger charge is -2.23. The number of rotatable bonds is 7. The molecule has 0 saturated heterocycles. The summed E-state index contributed by atoms with van der Waals surface area (Å²) in [4.78, 5) is 22.3. The van der Waals surface area contributed by atoms with Gasteiger partial charge in [0.25, 0.3) is 0 Å². The van der Waals surface area contributed by atoms with E-state index in [9.17, 15) is 4.79 Å². The molecule has 0 saturated carbocycles. The van der Waals surface area contributed by atoms with Crippen molar-refractivity contribution in [1.82, 2.24) is 9.97 Å². The Kier molecular flexibility index (Phi) is 6.68. The topological polar surface area (TPSA) is 73.3 Å². The second-order valence-electron chi connectivity index (χ2n) is 8.14. The Bertz CT molecular complexity index is 1360. The van der Waals surface area contributed by atoms with Crippen LogP contribution in [0.1, 0.15) is 23.6 Å². The molecule has 0 atom stereocenters. The first-order valence-corrected chi connectivity index (χ1v) is 12.5. The molecule has 1 aliphatic heterocycles. The van der Waals surface area contributed by atoms with Crippen molar-refractivity contribution >= 4 is 23.4 Å². The average Bonchev–Trinajstić information content (AvgIpc) is 2.88. The fourth-order valence-electron chi connectivity index (χ4n) is 3.93. The first-order valence-electron chi connectivity index (χ1n) is 11.5. The van der Waals surface area contributed by atoms with Gasteiger partial charge in [-0.2, -0.15) is 4.98 Å². The van der Waals surface area contributed by atoms with Gasteiger partial charge in [-0.15, -0.1) is 0 Å². The smallest absolute Gasteiger partial charge is 0.234 e. The zero-order valence-electron chi connectivity index (χ0n) is 19.6. The lowest BCUT2D eigenvalue weighted by atomic mass is 10.0. The van der Waals surface area contributed by atoms with Crippen molar-refractivity contribution in [3.8, 4) is 28.8 Å². The van der Waals surface area contributed by atoms with E-state index >= 15 is 0 Å². The Labute approximate surface area is 208 Å². The second-order valence-corrected chi connectivity index (χ2v) is 9.10. The number of amides is 1. The third-order valence-corrected chi connectivity index (χ3v) is 6.63. The Morgan fingerprint density at radius 2 is 1.83 bits per heavy atom. The number of nitrogens with zero attached hydrogens (tertiary/aromatic N) is 2. The van der Waals surface area contributed by atoms with Gasteiger partial charge in [0.1, 0.15) is 16.5 Å². The normalized spacial score (nSPS) is 11.7. The zero-order valence-corrected chi connectivity index (χ0v) is 20.4. The molecule has 3 aromatic carbocycles. The SMILES string of the molecule is CCOc1ccc(NC(=O)CSc2nc(-c3ccccc3)nc3c2Cc2cccc(C)c2O3)cc1. The Morgan fingerprint density at radius 1 is 1.03 bits per heavy atom. The standard InChI is InChI=1S/C28H25N3O3S/c1-3-33-22-14-12-21(13-15-22)29-24(32)17-35-28-23-16-20-11-7-8-18(2)25(20)34-27(23)30-26(31-28)19-9-5-4-6-10-19/h4-15H,3,16-17H2,1-2H3,(H,29,32). The van der Waals surface area contributed by atoms with Gasteiger partial charge in [0.05, 0.1) is 17.9 Å². The van der Waals surface area contributed by atoms with Crippen LogP contribution in [0.5, 0.6) is 17.4 Å². The van der Waals surface area contributed by atoms with Gasteiger partial charge in [-0.3, -0.25) is 4.79 Å². The zero-order chi connectivity index (χ0) is 24.2. The van der Waals surface area contributed by atoms with Crippen LogP contribution in [0.4, 0.5) is 5.69 Å². The van der Waals surface area contributed by atoms with Gasteiger partial charge < -0.3 is 14.8 Å². The molecular formula is C28H25N3O3S. The minimum absolute atomic E-state index is 0.110. The monoisotopic (exact) mass is 483 g/mol. The Morgan fingerprint density at radius 3 is 2.60 bits per heavy atom. The van der Waals surface area contributed by atoms with Gasteiger partial charge >= 0.3 is 0 Å². The lowest BCUT2D eigenvalue weighted by molar-refractivity contribution is -0.113. The fraction of sp³-hybridized carbons (Fsp3) is 0.179. The maximum Gasteiger partial charge on any atom is 0.234 e. The molecule has 1 amide bonds. The number of ether oxygens (including phenoxy) is 2. The Hall–Kier alpha value is -3.84. The maximum atomic E-state index is 12.7. The summed E-state index contributed by atoms with van der Waals surface area (Å²) in [5, 5.41) is 3.69. The summed E-state index contributed by atoms with van der Waals surface area (Å²) in [6, 6.07) is 23.3. The van der Waals surface area contributed by atoms with Crippen LogP contribution in [-0.2, 0) is 11.2 Å². The molecule has 4 aromatic rings. The van der Waals surface area contributed by atoms with Crippen molar-refractivity contribution in [2.24, 2.45) is 0 Å². The van der Waals surface area contributed by atoms with Crippen LogP contribution in [-0.4, -0.2) is 28.2 Å². The molecule has 0 fully saturated rings. The highest BCUT2D eigenvalue weighted by molar-refractivity contribution is 8.00. The molecule has 176 valence electrons. The first-order chi connectivity index (χ1) is 17.1. The predicted octanol–water partition coefficient (Wildman–Crippen LogP) is 6.28. The number of fused-ring (bicyclic) bond motifs is 2. The van der Waals surface area contributed by atoms with E-state index in [2.05, 4.69) is 11.4 Å². The van der Waals surface area contributed by atoms with E-state index in [4.69, 9.17) is 19.4 Å². The first kappa shape index (κ1) is 22.9. The molecule has 0 spiro atoms. The van der Waals surface area contributed by atoms with Crippen LogP contribution in [0, 0.1) is 6.92 Å². The van der Waals surface area contributed by atoms with Crippen LogP contribution in [0.15, 0.2) is 77.8 Å². The van der Waals surface area contributed by atoms with Gasteiger partial charge in [-0.05, 0) is 49.2 Å². The number of nitrogens with one attached hydrogen (secondary N) is 1. The number of hydrogen-bond acceptors (Lipinski definition) is 6. The molecule has 2 heterocycles. The van der Waals surface area contributed by atoms with E-state index in [1.807, 2.05) is 80.6 Å². The third-order valence-electron chi connectivity index (χ3n) is 5.61. The fourth-order valence-corrected chi connectivity index (χ4v) is 4.76. The van der Waals surface area contributed by atoms with Crippen LogP contribution < -0.4 is 14.8 Å². The molecule has 6 nitrogen and oxygen atoms in total. The van der Waals surface area contributed by atoms with Crippen molar-refractivity contribution in [2.75, 3.05) is 17.7 Å². The number of aromatic nitrogens is 2. The van der Waals surface area contributed by atoms with Gasteiger partial charge in [0, 0.05) is 17.7 Å². The minimum Gasteiger partial charge on any atom is -0.494 e. The molecule has 0 radical (unpaired) electrons. The highest BCUT2D eigenvalue weighted by Gasteiger charge is 2.25. The molecule has 1 aliphatic rings. The van der Waals surface area contributed by atoms with Crippen LogP contribution in [0.3, 0.4) is 0 Å². The van der Waals surface area contributed by atoms with Gasteiger partial charge in [0.15, 0.2) is 5.82 Å². The number of benzene rings is 3. The van der Waals surface area contributed by atoms with Crippen molar-refractivity contribution in [3.63, 3.8) is 0 Å². The summed E-state index contributed by atoms with van der Waals surface area (Å²) in [5.74, 6) is 2.86. The average molecular weight is 484 g/mol. The van der Waals surface area contributed by atoms with Crippen molar-refractivity contribution < 1.29 is 14.3 Å². The van der Waals surface area contributed by atoms with E-state index in [0.29, 0.717) is 24.7 Å². The molecule has 7 heteroatoms. The maximum absolute atomic E-state index is 12.7. The van der Waals surface area contributed by atoms with E-state index in [-0.39, 0.29) is 11.7 Å². The molecule has 1 aromatic heterocycles. The quantitative estimate of drug-likeness (QED) is 0.217.